The van der Waals surface area contributed by atoms with E-state index in [1.54, 1.807) is 48.5 Å². The third-order valence-corrected chi connectivity index (χ3v) is 5.21. The molecule has 0 unspecified atom stereocenters. The van der Waals surface area contributed by atoms with Gasteiger partial charge in [-0.2, -0.15) is 0 Å². The van der Waals surface area contributed by atoms with Crippen LogP contribution in [0.5, 0.6) is 0 Å². The van der Waals surface area contributed by atoms with Crippen LogP contribution in [-0.4, -0.2) is 47.4 Å². The number of hydrogen-bond donors (Lipinski definition) is 4. The second-order valence-electron chi connectivity index (χ2n) is 8.82. The molecular weight excluding hydrogens is 480 g/mol. The average Bonchev–Trinajstić information content (AvgIpc) is 2.86. The minimum Gasteiger partial charge on any atom is -0.461 e. The summed E-state index contributed by atoms with van der Waals surface area (Å²) >= 11 is 0. The third-order valence-electron chi connectivity index (χ3n) is 5.21. The van der Waals surface area contributed by atoms with Crippen molar-refractivity contribution in [2.75, 3.05) is 0 Å². The maximum atomic E-state index is 13.0. The van der Waals surface area contributed by atoms with E-state index in [9.17, 15) is 24.0 Å². The molecule has 0 aliphatic carbocycles. The van der Waals surface area contributed by atoms with E-state index in [4.69, 9.17) is 15.2 Å². The van der Waals surface area contributed by atoms with Crippen molar-refractivity contribution in [1.82, 2.24) is 16.0 Å². The standard InChI is InChI=1S/C26H32N4O7/c1-17(22(27)32)28-24(34)26(2,3)30-23(33)20(14-21(31)36-15-18-10-6-4-7-11-18)29-25(35)37-16-19-12-8-5-9-13-19/h4-13,17,20H,14-16H2,1-3H3,(H2,27,32)(H,28,34)(H,29,35)(H,30,33)/t17-,20-/m0/s1. The van der Waals surface area contributed by atoms with E-state index in [1.165, 1.54) is 20.8 Å². The summed E-state index contributed by atoms with van der Waals surface area (Å²) in [7, 11) is 0. The normalized spacial score (nSPS) is 12.4. The van der Waals surface area contributed by atoms with Crippen molar-refractivity contribution < 1.29 is 33.4 Å². The molecule has 0 heterocycles. The molecule has 0 saturated carbocycles. The Kier molecular flexibility index (Phi) is 10.6. The van der Waals surface area contributed by atoms with E-state index in [2.05, 4.69) is 16.0 Å². The van der Waals surface area contributed by atoms with Gasteiger partial charge in [-0.3, -0.25) is 19.2 Å². The van der Waals surface area contributed by atoms with Gasteiger partial charge in [0, 0.05) is 0 Å². The van der Waals surface area contributed by atoms with E-state index in [1.807, 2.05) is 12.1 Å². The van der Waals surface area contributed by atoms with Gasteiger partial charge in [0.25, 0.3) is 0 Å². The van der Waals surface area contributed by atoms with Crippen LogP contribution in [0, 0.1) is 0 Å². The summed E-state index contributed by atoms with van der Waals surface area (Å²) in [6.07, 6.45) is -1.46. The fourth-order valence-electron chi connectivity index (χ4n) is 2.98. The maximum Gasteiger partial charge on any atom is 0.408 e. The molecular formula is C26H32N4O7. The smallest absolute Gasteiger partial charge is 0.408 e. The van der Waals surface area contributed by atoms with Crippen LogP contribution in [0.2, 0.25) is 0 Å². The number of primary amides is 1. The lowest BCUT2D eigenvalue weighted by atomic mass is 10.0. The molecule has 0 aliphatic heterocycles. The summed E-state index contributed by atoms with van der Waals surface area (Å²) in [5, 5.41) is 7.22. The van der Waals surface area contributed by atoms with Crippen molar-refractivity contribution >= 4 is 29.8 Å². The number of nitrogens with one attached hydrogen (secondary N) is 3. The van der Waals surface area contributed by atoms with Crippen LogP contribution in [0.25, 0.3) is 0 Å². The molecule has 2 rings (SSSR count). The fraction of sp³-hybridized carbons (Fsp3) is 0.346. The largest absolute Gasteiger partial charge is 0.461 e. The molecule has 0 aromatic heterocycles. The lowest BCUT2D eigenvalue weighted by Crippen LogP contribution is -2.61. The summed E-state index contributed by atoms with van der Waals surface area (Å²) < 4.78 is 10.4. The number of carbonyl (C=O) groups is 5. The third kappa shape index (κ3) is 10.0. The Morgan fingerprint density at radius 3 is 1.86 bits per heavy atom. The highest BCUT2D eigenvalue weighted by molar-refractivity contribution is 5.96. The Morgan fingerprint density at radius 1 is 0.838 bits per heavy atom. The number of carbonyl (C=O) groups excluding carboxylic acids is 5. The molecule has 0 fully saturated rings. The molecule has 0 spiro atoms. The SMILES string of the molecule is C[C@H](NC(=O)C(C)(C)NC(=O)[C@H](CC(=O)OCc1ccccc1)NC(=O)OCc1ccccc1)C(N)=O. The highest BCUT2D eigenvalue weighted by Crippen LogP contribution is 2.08. The zero-order valence-electron chi connectivity index (χ0n) is 21.0. The summed E-state index contributed by atoms with van der Waals surface area (Å²) in [4.78, 5) is 61.8. The molecule has 0 saturated heterocycles. The molecule has 11 heteroatoms. The zero-order valence-corrected chi connectivity index (χ0v) is 21.0. The van der Waals surface area contributed by atoms with Crippen molar-refractivity contribution in [2.45, 2.75) is 58.0 Å². The molecule has 5 N–H and O–H groups in total. The molecule has 198 valence electrons. The van der Waals surface area contributed by atoms with Crippen molar-refractivity contribution in [3.63, 3.8) is 0 Å². The Labute approximate surface area is 215 Å². The van der Waals surface area contributed by atoms with E-state index in [0.29, 0.717) is 0 Å². The summed E-state index contributed by atoms with van der Waals surface area (Å²) in [6, 6.07) is 15.4. The Bertz CT molecular complexity index is 1030. The summed E-state index contributed by atoms with van der Waals surface area (Å²) in [5.74, 6) is -3.03. The first-order valence-corrected chi connectivity index (χ1v) is 11.6. The van der Waals surface area contributed by atoms with Crippen LogP contribution >= 0.6 is 0 Å². The molecule has 0 bridgehead atoms. The minimum atomic E-state index is -1.51. The van der Waals surface area contributed by atoms with Crippen LogP contribution in [0.4, 0.5) is 4.79 Å². The highest BCUT2D eigenvalue weighted by Gasteiger charge is 2.35. The number of ether oxygens (including phenoxy) is 2. The molecule has 0 aliphatic rings. The lowest BCUT2D eigenvalue weighted by Gasteiger charge is -2.28. The summed E-state index contributed by atoms with van der Waals surface area (Å²) in [6.45, 7) is 4.11. The predicted molar refractivity (Wildman–Crippen MR) is 133 cm³/mol. The van der Waals surface area contributed by atoms with Gasteiger partial charge < -0.3 is 31.2 Å². The van der Waals surface area contributed by atoms with E-state index in [0.717, 1.165) is 11.1 Å². The number of benzene rings is 2. The molecule has 11 nitrogen and oxygen atoms in total. The quantitative estimate of drug-likeness (QED) is 0.311. The van der Waals surface area contributed by atoms with Gasteiger partial charge in [0.2, 0.25) is 17.7 Å². The number of rotatable bonds is 12. The molecule has 0 radical (unpaired) electrons. The van der Waals surface area contributed by atoms with Gasteiger partial charge in [0.1, 0.15) is 30.8 Å². The average molecular weight is 513 g/mol. The number of nitrogens with two attached hydrogens (primary N) is 1. The van der Waals surface area contributed by atoms with Crippen LogP contribution < -0.4 is 21.7 Å². The number of esters is 1. The second-order valence-corrected chi connectivity index (χ2v) is 8.82. The van der Waals surface area contributed by atoms with Gasteiger partial charge in [-0.15, -0.1) is 0 Å². The van der Waals surface area contributed by atoms with Gasteiger partial charge in [-0.25, -0.2) is 4.79 Å². The lowest BCUT2D eigenvalue weighted by molar-refractivity contribution is -0.147. The van der Waals surface area contributed by atoms with Gasteiger partial charge in [-0.05, 0) is 31.9 Å². The molecule has 4 amide bonds. The fourth-order valence-corrected chi connectivity index (χ4v) is 2.98. The van der Waals surface area contributed by atoms with Crippen molar-refractivity contribution in [3.8, 4) is 0 Å². The van der Waals surface area contributed by atoms with Gasteiger partial charge >= 0.3 is 12.1 Å². The first-order chi connectivity index (χ1) is 17.5. The minimum absolute atomic E-state index is 0.0224. The predicted octanol–water partition coefficient (Wildman–Crippen LogP) is 1.30. The van der Waals surface area contributed by atoms with E-state index in [-0.39, 0.29) is 13.2 Å². The molecule has 2 aromatic carbocycles. The monoisotopic (exact) mass is 512 g/mol. The number of hydrogen-bond acceptors (Lipinski definition) is 7. The van der Waals surface area contributed by atoms with Crippen LogP contribution in [0.15, 0.2) is 60.7 Å². The molecule has 2 atom stereocenters. The molecule has 37 heavy (non-hydrogen) atoms. The van der Waals surface area contributed by atoms with Crippen LogP contribution in [-0.2, 0) is 41.9 Å². The highest BCUT2D eigenvalue weighted by atomic mass is 16.5. The van der Waals surface area contributed by atoms with Gasteiger partial charge in [0.05, 0.1) is 6.42 Å². The number of amides is 4. The topological polar surface area (TPSA) is 166 Å². The Balaban J connectivity index is 2.06. The van der Waals surface area contributed by atoms with Crippen LogP contribution in [0.3, 0.4) is 0 Å². The zero-order chi connectivity index (χ0) is 27.4. The molecule has 2 aromatic rings. The van der Waals surface area contributed by atoms with E-state index < -0.39 is 53.8 Å². The summed E-state index contributed by atoms with van der Waals surface area (Å²) in [5.41, 5.74) is 5.13. The first kappa shape index (κ1) is 28.8. The first-order valence-electron chi connectivity index (χ1n) is 11.6. The number of alkyl carbamates (subject to hydrolysis) is 1. The van der Waals surface area contributed by atoms with Crippen molar-refractivity contribution in [2.24, 2.45) is 5.73 Å². The van der Waals surface area contributed by atoms with Crippen LogP contribution in [0.1, 0.15) is 38.3 Å². The van der Waals surface area contributed by atoms with Gasteiger partial charge in [0.15, 0.2) is 0 Å². The van der Waals surface area contributed by atoms with E-state index >= 15 is 0 Å². The maximum absolute atomic E-state index is 13.0. The van der Waals surface area contributed by atoms with Gasteiger partial charge in [-0.1, -0.05) is 60.7 Å². The second kappa shape index (κ2) is 13.6. The van der Waals surface area contributed by atoms with Crippen molar-refractivity contribution in [3.05, 3.63) is 71.8 Å². The van der Waals surface area contributed by atoms with Crippen molar-refractivity contribution in [1.29, 1.82) is 0 Å². The Hall–Kier alpha value is -4.41. The Morgan fingerprint density at radius 2 is 1.35 bits per heavy atom.